The first-order valence-corrected chi connectivity index (χ1v) is 16.2. The van der Waals surface area contributed by atoms with E-state index >= 15 is 0 Å². The molecule has 0 aromatic heterocycles. The number of hydrogen-bond acceptors (Lipinski definition) is 6. The summed E-state index contributed by atoms with van der Waals surface area (Å²) in [7, 11) is -8.72. The first kappa shape index (κ1) is 34.1. The Morgan fingerprint density at radius 3 is 0.781 bits per heavy atom. The van der Waals surface area contributed by atoms with Gasteiger partial charge in [-0.1, -0.05) is 13.2 Å². The van der Waals surface area contributed by atoms with Crippen molar-refractivity contribution < 1.29 is 27.2 Å². The molecule has 0 radical (unpaired) electrons. The number of halogens is 8. The SMILES string of the molecule is C=C(C(=C)P(=O)(OC(CCl)CCl)OC(CCl)CCl)P(=O)(OC(CCl)CCl)OC(CCl)CCl. The molecule has 0 heterocycles. The Morgan fingerprint density at radius 2 is 0.656 bits per heavy atom. The smallest absolute Gasteiger partial charge is 0.299 e. The van der Waals surface area contributed by atoms with Crippen LogP contribution in [-0.4, -0.2) is 71.5 Å². The molecule has 0 aliphatic carbocycles. The van der Waals surface area contributed by atoms with E-state index in [9.17, 15) is 9.13 Å². The normalized spacial score (nSPS) is 13.0. The van der Waals surface area contributed by atoms with E-state index in [2.05, 4.69) is 13.2 Å². The van der Waals surface area contributed by atoms with Crippen LogP contribution in [0.4, 0.5) is 0 Å². The molecule has 0 aromatic carbocycles. The van der Waals surface area contributed by atoms with Crippen LogP contribution < -0.4 is 0 Å². The first-order chi connectivity index (χ1) is 15.0. The molecule has 0 aliphatic rings. The minimum Gasteiger partial charge on any atom is -0.299 e. The molecule has 0 rings (SSSR count). The van der Waals surface area contributed by atoms with Crippen molar-refractivity contribution in [3.63, 3.8) is 0 Å². The van der Waals surface area contributed by atoms with E-state index in [1.807, 2.05) is 0 Å². The van der Waals surface area contributed by atoms with Crippen LogP contribution in [0.15, 0.2) is 23.8 Å². The molecule has 32 heavy (non-hydrogen) atoms. The monoisotopic (exact) mass is 654 g/mol. The topological polar surface area (TPSA) is 71.1 Å². The molecule has 190 valence electrons. The van der Waals surface area contributed by atoms with Crippen LogP contribution in [0.25, 0.3) is 0 Å². The molecule has 0 saturated carbocycles. The van der Waals surface area contributed by atoms with E-state index in [4.69, 9.17) is 111 Å². The second-order valence-corrected chi connectivity index (χ2v) is 12.4. The van der Waals surface area contributed by atoms with Gasteiger partial charge in [0.2, 0.25) is 0 Å². The van der Waals surface area contributed by atoms with Crippen molar-refractivity contribution >= 4 is 108 Å². The zero-order valence-corrected chi connectivity index (χ0v) is 24.6. The molecule has 0 amide bonds. The zero-order chi connectivity index (χ0) is 24.9. The quantitative estimate of drug-likeness (QED) is 0.0801. The second kappa shape index (κ2) is 17.5. The van der Waals surface area contributed by atoms with E-state index in [0.29, 0.717) is 0 Å². The largest absolute Gasteiger partial charge is 0.362 e. The summed E-state index contributed by atoms with van der Waals surface area (Å²) in [4.78, 5) is 0. The number of allylic oxidation sites excluding steroid dienone is 2. The zero-order valence-electron chi connectivity index (χ0n) is 16.7. The Kier molecular flexibility index (Phi) is 18.7. The van der Waals surface area contributed by atoms with Crippen LogP contribution in [0, 0.1) is 0 Å². The fourth-order valence-electron chi connectivity index (χ4n) is 1.80. The Labute approximate surface area is 229 Å². The summed E-state index contributed by atoms with van der Waals surface area (Å²) in [5, 5.41) is -0.848. The highest BCUT2D eigenvalue weighted by molar-refractivity contribution is 7.64. The van der Waals surface area contributed by atoms with E-state index in [1.54, 1.807) is 0 Å². The lowest BCUT2D eigenvalue weighted by Gasteiger charge is -2.31. The minimum absolute atomic E-state index is 0.130. The van der Waals surface area contributed by atoms with Gasteiger partial charge in [-0.05, 0) is 0 Å². The van der Waals surface area contributed by atoms with Gasteiger partial charge in [0.25, 0.3) is 0 Å². The first-order valence-electron chi connectivity index (χ1n) is 8.85. The highest BCUT2D eigenvalue weighted by Crippen LogP contribution is 2.69. The third-order valence-electron chi connectivity index (χ3n) is 3.52. The van der Waals surface area contributed by atoms with Crippen LogP contribution in [0.5, 0.6) is 0 Å². The summed E-state index contributed by atoms with van der Waals surface area (Å²) in [6.45, 7) is 7.41. The highest BCUT2D eigenvalue weighted by atomic mass is 35.5. The van der Waals surface area contributed by atoms with Gasteiger partial charge in [0, 0.05) is 0 Å². The summed E-state index contributed by atoms with van der Waals surface area (Å²) < 4.78 is 49.5. The van der Waals surface area contributed by atoms with Crippen molar-refractivity contribution in [1.82, 2.24) is 0 Å². The summed E-state index contributed by atoms with van der Waals surface area (Å²) >= 11 is 46.5. The van der Waals surface area contributed by atoms with Crippen molar-refractivity contribution in [1.29, 1.82) is 0 Å². The second-order valence-electron chi connectivity index (χ2n) is 6.03. The van der Waals surface area contributed by atoms with E-state index < -0.39 is 50.2 Å². The molecule has 0 saturated heterocycles. The Morgan fingerprint density at radius 1 is 0.500 bits per heavy atom. The lowest BCUT2D eigenvalue weighted by Crippen LogP contribution is -2.24. The molecular weight excluding hydrogens is 634 g/mol. The van der Waals surface area contributed by atoms with Gasteiger partial charge in [0.1, 0.15) is 0 Å². The highest BCUT2D eigenvalue weighted by Gasteiger charge is 2.44. The van der Waals surface area contributed by atoms with Crippen LogP contribution in [0.1, 0.15) is 0 Å². The maximum atomic E-state index is 13.7. The van der Waals surface area contributed by atoms with Crippen molar-refractivity contribution in [2.45, 2.75) is 24.4 Å². The van der Waals surface area contributed by atoms with Crippen molar-refractivity contribution in [3.8, 4) is 0 Å². The lowest BCUT2D eigenvalue weighted by atomic mass is 10.5. The van der Waals surface area contributed by atoms with Crippen LogP contribution in [-0.2, 0) is 27.2 Å². The average Bonchev–Trinajstić information content (AvgIpc) is 2.81. The predicted molar refractivity (Wildman–Crippen MR) is 139 cm³/mol. The molecule has 0 aliphatic heterocycles. The molecule has 0 spiro atoms. The lowest BCUT2D eigenvalue weighted by molar-refractivity contribution is 0.147. The van der Waals surface area contributed by atoms with E-state index in [0.717, 1.165) is 0 Å². The van der Waals surface area contributed by atoms with Gasteiger partial charge in [0.05, 0.1) is 82.1 Å². The summed E-state index contributed by atoms with van der Waals surface area (Å²) in [5.41, 5.74) is 0. The molecule has 0 aromatic rings. The van der Waals surface area contributed by atoms with Gasteiger partial charge in [-0.25, -0.2) is 0 Å². The van der Waals surface area contributed by atoms with Gasteiger partial charge >= 0.3 is 15.2 Å². The van der Waals surface area contributed by atoms with Gasteiger partial charge in [-0.15, -0.1) is 92.8 Å². The Bertz CT molecular complexity index is 577. The average molecular weight is 658 g/mol. The summed E-state index contributed by atoms with van der Waals surface area (Å²) in [6, 6.07) is 0. The molecule has 0 N–H and O–H groups in total. The van der Waals surface area contributed by atoms with Crippen molar-refractivity contribution in [2.75, 3.05) is 47.0 Å². The van der Waals surface area contributed by atoms with Crippen LogP contribution in [0.2, 0.25) is 0 Å². The maximum absolute atomic E-state index is 13.7. The minimum atomic E-state index is -4.36. The van der Waals surface area contributed by atoms with Gasteiger partial charge in [-0.3, -0.25) is 27.2 Å². The Hall–Kier alpha value is 2.10. The summed E-state index contributed by atoms with van der Waals surface area (Å²) in [6.07, 6.45) is -3.67. The molecule has 6 nitrogen and oxygen atoms in total. The molecule has 16 heteroatoms. The van der Waals surface area contributed by atoms with Gasteiger partial charge in [0.15, 0.2) is 0 Å². The van der Waals surface area contributed by atoms with Crippen molar-refractivity contribution in [2.24, 2.45) is 0 Å². The third-order valence-corrected chi connectivity index (χ3v) is 10.6. The van der Waals surface area contributed by atoms with Gasteiger partial charge in [-0.2, -0.15) is 0 Å². The van der Waals surface area contributed by atoms with Crippen LogP contribution >= 0.6 is 108 Å². The Balaban J connectivity index is 6.27. The molecule has 0 bridgehead atoms. The molecule has 0 fully saturated rings. The standard InChI is InChI=1S/C16H24Cl8O6P2/c1-11(31(25,27-13(3-17)4-18)28-14(5-19)6-20)12(2)32(26,29-15(7-21)8-22)30-16(9-23)10-24/h13-16H,1-10H2. The number of hydrogen-bond donors (Lipinski definition) is 0. The number of rotatable bonds is 19. The molecular formula is C16H24Cl8O6P2. The van der Waals surface area contributed by atoms with Gasteiger partial charge < -0.3 is 0 Å². The third kappa shape index (κ3) is 10.6. The maximum Gasteiger partial charge on any atom is 0.362 e. The number of alkyl halides is 8. The molecule has 0 atom stereocenters. The van der Waals surface area contributed by atoms with E-state index in [1.165, 1.54) is 0 Å². The fourth-order valence-corrected chi connectivity index (χ4v) is 8.46. The predicted octanol–water partition coefficient (Wildman–Crippen LogP) is 7.85. The van der Waals surface area contributed by atoms with Crippen LogP contribution in [0.3, 0.4) is 0 Å². The summed E-state index contributed by atoms with van der Waals surface area (Å²) in [5.74, 6) is -1.04. The van der Waals surface area contributed by atoms with Crippen molar-refractivity contribution in [3.05, 3.63) is 23.8 Å². The fraction of sp³-hybridized carbons (Fsp3) is 0.750. The molecule has 0 unspecified atom stereocenters. The van der Waals surface area contributed by atoms with E-state index in [-0.39, 0.29) is 47.0 Å².